The molecule has 0 spiro atoms. The van der Waals surface area contributed by atoms with Crippen molar-refractivity contribution in [1.29, 1.82) is 0 Å². The zero-order valence-corrected chi connectivity index (χ0v) is 41.4. The van der Waals surface area contributed by atoms with Crippen molar-refractivity contribution in [1.82, 2.24) is 0 Å². The minimum atomic E-state index is -4.64. The molecule has 0 aromatic carbocycles. The summed E-state index contributed by atoms with van der Waals surface area (Å²) >= 11 is 0. The van der Waals surface area contributed by atoms with Gasteiger partial charge >= 0.3 is 43.3 Å². The Morgan fingerprint density at radius 1 is 0.712 bits per heavy atom. The monoisotopic (exact) mass is 960 g/mol. The molecule has 0 aromatic heterocycles. The Labute approximate surface area is 406 Å². The number of Topliss-reactive ketones (excluding diaryl/α,β-unsaturated/α-hetero) is 2. The number of rotatable bonds is 8. The van der Waals surface area contributed by atoms with Gasteiger partial charge < -0.3 is 60.0 Å². The van der Waals surface area contributed by atoms with E-state index in [4.69, 9.17) is 24.0 Å². The number of hydrogen-bond acceptors (Lipinski definition) is 15. The number of ether oxygens (including phenoxy) is 1. The van der Waals surface area contributed by atoms with Crippen LogP contribution in [0.1, 0.15) is 124 Å². The average molecular weight is 961 g/mol. The number of carbonyl (C=O) groups is 6. The first kappa shape index (κ1) is 54.9. The molecule has 0 aromatic rings. The fourth-order valence-electron chi connectivity index (χ4n) is 15.2. The summed E-state index contributed by atoms with van der Waals surface area (Å²) in [5.41, 5.74) is -3.88. The molecule has 0 amide bonds. The first-order chi connectivity index (χ1) is 30.0. The second-order valence-electron chi connectivity index (χ2n) is 21.0. The second-order valence-corrected chi connectivity index (χ2v) is 22.1. The molecule has 0 aliphatic heterocycles. The van der Waals surface area contributed by atoms with E-state index in [1.807, 2.05) is 20.8 Å². The molecule has 9 N–H and O–H groups in total. The molecule has 66 heavy (non-hydrogen) atoms. The van der Waals surface area contributed by atoms with Crippen molar-refractivity contribution >= 4 is 42.9 Å². The first-order valence-electron chi connectivity index (χ1n) is 22.8. The van der Waals surface area contributed by atoms with Crippen molar-refractivity contribution in [3.8, 4) is 0 Å². The Bertz CT molecular complexity index is 2060. The summed E-state index contributed by atoms with van der Waals surface area (Å²) in [5, 5.41) is 74.8. The maximum atomic E-state index is 12.5. The van der Waals surface area contributed by atoms with Gasteiger partial charge in [0.25, 0.3) is 0 Å². The molecule has 0 bridgehead atoms. The molecule has 18 nitrogen and oxygen atoms in total. The van der Waals surface area contributed by atoms with Gasteiger partial charge in [-0.1, -0.05) is 38.8 Å². The van der Waals surface area contributed by atoms with Gasteiger partial charge in [0.1, 0.15) is 30.5 Å². The number of allylic oxidation sites excluding steroid dienone is 1. The quantitative estimate of drug-likeness (QED) is 0.0701. The maximum Gasteiger partial charge on any atom is 1.00 e. The van der Waals surface area contributed by atoms with Crippen LogP contribution in [0.5, 0.6) is 0 Å². The van der Waals surface area contributed by atoms with Crippen molar-refractivity contribution < 1.29 is 118 Å². The topological polar surface area (TPSA) is 334 Å². The Balaban J connectivity index is 0.000000227. The number of carbonyl (C=O) groups excluding carboxylic acids is 6. The number of aliphatic hydroxyl groups is 6. The SMILES string of the molecule is C[C@]12CCC(=O)C=C1CC[C@@H]1[C@@H]2[C@@H](O)C[C@@]2(C)[C@H]1CC[C@]2(O)C(=O)CO.C[C@]12C[C@H](O)[C@H]3[C@@H](CCC4=CC(=O)CC(OC(=O)CCC(=O)[O-])[C@@]43C)[C@@H]1CC[C@]2(O)C(=O)CO.O=P(O)(O)O.[Na+]. The van der Waals surface area contributed by atoms with Crippen LogP contribution in [0.3, 0.4) is 0 Å². The largest absolute Gasteiger partial charge is 1.00 e. The third kappa shape index (κ3) is 9.35. The summed E-state index contributed by atoms with van der Waals surface area (Å²) in [6, 6.07) is 0. The number of aliphatic hydroxyl groups excluding tert-OH is 4. The molecule has 364 valence electrons. The van der Waals surface area contributed by atoms with Gasteiger partial charge in [0.2, 0.25) is 0 Å². The smallest absolute Gasteiger partial charge is 0.550 e. The molecule has 15 atom stereocenters. The second kappa shape index (κ2) is 19.6. The van der Waals surface area contributed by atoms with Gasteiger partial charge in [0.05, 0.1) is 18.6 Å². The third-order valence-corrected chi connectivity index (χ3v) is 18.2. The molecule has 8 aliphatic rings. The number of fused-ring (bicyclic) bond motifs is 10. The van der Waals surface area contributed by atoms with Crippen molar-refractivity contribution in [2.75, 3.05) is 13.2 Å². The van der Waals surface area contributed by atoms with Crippen LogP contribution in [0.25, 0.3) is 0 Å². The number of esters is 1. The Kier molecular flexibility index (Phi) is 16.3. The van der Waals surface area contributed by atoms with Crippen molar-refractivity contribution in [3.05, 3.63) is 23.3 Å². The Morgan fingerprint density at radius 3 is 1.65 bits per heavy atom. The summed E-state index contributed by atoms with van der Waals surface area (Å²) in [5.74, 6) is -3.32. The molecule has 0 radical (unpaired) electrons. The van der Waals surface area contributed by atoms with E-state index in [1.165, 1.54) is 5.57 Å². The standard InChI is InChI=1S/C25H34O9.C21H30O5.Na.H3O4P/c1-23-11-17(28)22-15(16(23)7-8-25(23,33)18(29)12-26)4-3-13-9-14(27)10-19(24(13,22)2)34-21(32)6-5-20(30)31;1-19-7-5-13(23)9-12(19)3-4-14-15-6-8-21(26,17(25)11-22)20(15,2)10-16(24)18(14)19;;1-5(2,3)4/h9,15-17,19,22,26,28,33H,3-8,10-12H2,1-2H3,(H,30,31);9,14-16,18,22,24,26H,3-8,10-11H2,1-2H3;;(H3,1,2,3,4)/q;;+1;/p-1/t15-,16-,17-,19?,22+,23-,24+,25-;14-,15-,16-,18+,19-,20-,21-;;/m00../s1. The zero-order valence-electron chi connectivity index (χ0n) is 38.5. The van der Waals surface area contributed by atoms with Crippen LogP contribution in [0.15, 0.2) is 23.3 Å². The van der Waals surface area contributed by atoms with Gasteiger partial charge in [-0.3, -0.25) is 24.0 Å². The van der Waals surface area contributed by atoms with Gasteiger partial charge in [-0.2, -0.15) is 0 Å². The van der Waals surface area contributed by atoms with Crippen molar-refractivity contribution in [2.24, 2.45) is 57.2 Å². The van der Waals surface area contributed by atoms with Crippen LogP contribution in [-0.2, 0) is 38.1 Å². The number of carboxylic acids is 1. The number of carboxylic acid groups (broad SMARTS) is 1. The number of ketones is 4. The Hall–Kier alpha value is -2.03. The predicted molar refractivity (Wildman–Crippen MR) is 224 cm³/mol. The molecule has 8 rings (SSSR count). The number of aliphatic carboxylic acids is 1. The van der Waals surface area contributed by atoms with E-state index in [9.17, 15) is 64.5 Å². The summed E-state index contributed by atoms with van der Waals surface area (Å²) in [4.78, 5) is 94.0. The molecule has 0 saturated heterocycles. The van der Waals surface area contributed by atoms with E-state index in [0.29, 0.717) is 38.5 Å². The van der Waals surface area contributed by atoms with Crippen molar-refractivity contribution in [3.63, 3.8) is 0 Å². The molecule has 20 heteroatoms. The van der Waals surface area contributed by atoms with Crippen LogP contribution in [0, 0.1) is 57.2 Å². The zero-order chi connectivity index (χ0) is 48.5. The third-order valence-electron chi connectivity index (χ3n) is 18.2. The summed E-state index contributed by atoms with van der Waals surface area (Å²) in [7, 11) is -4.64. The molecular weight excluding hydrogens is 894 g/mol. The maximum absolute atomic E-state index is 12.5. The normalized spacial score (nSPS) is 43.1. The number of hydrogen-bond donors (Lipinski definition) is 9. The summed E-state index contributed by atoms with van der Waals surface area (Å²) in [6.07, 6.45) is 6.77. The van der Waals surface area contributed by atoms with Crippen LogP contribution in [-0.4, -0.2) is 123 Å². The van der Waals surface area contributed by atoms with E-state index < -0.39 is 96.7 Å². The average Bonchev–Trinajstić information content (AvgIpc) is 3.64. The summed E-state index contributed by atoms with van der Waals surface area (Å²) in [6.45, 7) is 6.40. The molecule has 8 aliphatic carbocycles. The van der Waals surface area contributed by atoms with E-state index in [0.717, 1.165) is 31.3 Å². The molecule has 1 unspecified atom stereocenters. The van der Waals surface area contributed by atoms with Gasteiger partial charge in [-0.05, 0) is 124 Å². The minimum absolute atomic E-state index is 0. The fraction of sp³-hybridized carbons (Fsp3) is 0.783. The summed E-state index contributed by atoms with van der Waals surface area (Å²) < 4.78 is 14.6. The van der Waals surface area contributed by atoms with Crippen molar-refractivity contribution in [2.45, 2.75) is 154 Å². The van der Waals surface area contributed by atoms with E-state index in [2.05, 4.69) is 6.92 Å². The van der Waals surface area contributed by atoms with Crippen LogP contribution in [0.2, 0.25) is 0 Å². The van der Waals surface area contributed by atoms with Crippen LogP contribution in [0.4, 0.5) is 0 Å². The molecule has 6 fully saturated rings. The number of phosphoric acid groups is 1. The van der Waals surface area contributed by atoms with Crippen LogP contribution >= 0.6 is 7.82 Å². The molecule has 0 heterocycles. The van der Waals surface area contributed by atoms with Crippen LogP contribution < -0.4 is 34.7 Å². The predicted octanol–water partition coefficient (Wildman–Crippen LogP) is -2.31. The van der Waals surface area contributed by atoms with E-state index in [-0.39, 0.29) is 108 Å². The minimum Gasteiger partial charge on any atom is -0.550 e. The van der Waals surface area contributed by atoms with E-state index in [1.54, 1.807) is 12.2 Å². The Morgan fingerprint density at radius 2 is 1.17 bits per heavy atom. The van der Waals surface area contributed by atoms with Gasteiger partial charge in [0.15, 0.2) is 23.1 Å². The fourth-order valence-corrected chi connectivity index (χ4v) is 15.2. The van der Waals surface area contributed by atoms with Gasteiger partial charge in [0, 0.05) is 41.0 Å². The van der Waals surface area contributed by atoms with Gasteiger partial charge in [-0.15, -0.1) is 0 Å². The molecule has 6 saturated carbocycles. The van der Waals surface area contributed by atoms with Gasteiger partial charge in [-0.25, -0.2) is 4.57 Å². The molecular formula is C46H66NaO18P. The van der Waals surface area contributed by atoms with E-state index >= 15 is 0 Å². The first-order valence-corrected chi connectivity index (χ1v) is 24.4.